The zero-order valence-corrected chi connectivity index (χ0v) is 18.2. The number of anilines is 1. The van der Waals surface area contributed by atoms with Gasteiger partial charge in [-0.05, 0) is 36.4 Å². The topological polar surface area (TPSA) is 74.0 Å². The number of hydrogen-bond acceptors (Lipinski definition) is 3. The molecule has 0 saturated carbocycles. The predicted octanol–water partition coefficient (Wildman–Crippen LogP) is 2.45. The monoisotopic (exact) mass is 515 g/mol. The third kappa shape index (κ3) is 6.28. The normalized spacial score (nSPS) is 14.3. The SMILES string of the molecule is I.NC(=NCCNC(=O)c1ccccc1F)N1CCN(c2ccc(F)cc2)CC1. The largest absolute Gasteiger partial charge is 0.370 e. The van der Waals surface area contributed by atoms with Crippen molar-refractivity contribution in [2.45, 2.75) is 0 Å². The van der Waals surface area contributed by atoms with Crippen LogP contribution in [0.1, 0.15) is 10.4 Å². The van der Waals surface area contributed by atoms with Gasteiger partial charge in [-0.2, -0.15) is 0 Å². The molecule has 29 heavy (non-hydrogen) atoms. The molecular formula is C20H24F2IN5O. The number of carbonyl (C=O) groups excluding carboxylic acids is 1. The molecule has 0 aromatic heterocycles. The molecule has 1 amide bonds. The number of hydrogen-bond donors (Lipinski definition) is 2. The molecule has 1 heterocycles. The van der Waals surface area contributed by atoms with E-state index in [9.17, 15) is 13.6 Å². The van der Waals surface area contributed by atoms with E-state index < -0.39 is 11.7 Å². The molecule has 156 valence electrons. The van der Waals surface area contributed by atoms with E-state index in [1.54, 1.807) is 18.2 Å². The van der Waals surface area contributed by atoms with Crippen molar-refractivity contribution in [2.24, 2.45) is 10.7 Å². The fraction of sp³-hybridized carbons (Fsp3) is 0.300. The second-order valence-corrected chi connectivity index (χ2v) is 6.43. The number of carbonyl (C=O) groups is 1. The zero-order valence-electron chi connectivity index (χ0n) is 15.9. The first kappa shape index (κ1) is 22.9. The lowest BCUT2D eigenvalue weighted by atomic mass is 10.2. The fourth-order valence-corrected chi connectivity index (χ4v) is 3.03. The summed E-state index contributed by atoms with van der Waals surface area (Å²) >= 11 is 0. The molecule has 1 saturated heterocycles. The highest BCUT2D eigenvalue weighted by molar-refractivity contribution is 14.0. The van der Waals surface area contributed by atoms with E-state index in [2.05, 4.69) is 15.2 Å². The van der Waals surface area contributed by atoms with Gasteiger partial charge in [0.25, 0.3) is 5.91 Å². The van der Waals surface area contributed by atoms with Gasteiger partial charge in [0.05, 0.1) is 12.1 Å². The van der Waals surface area contributed by atoms with Gasteiger partial charge in [-0.15, -0.1) is 24.0 Å². The third-order valence-electron chi connectivity index (χ3n) is 4.59. The van der Waals surface area contributed by atoms with E-state index >= 15 is 0 Å². The average Bonchev–Trinajstić information content (AvgIpc) is 2.72. The molecule has 9 heteroatoms. The molecule has 1 aliphatic rings. The van der Waals surface area contributed by atoms with Gasteiger partial charge in [-0.1, -0.05) is 12.1 Å². The summed E-state index contributed by atoms with van der Waals surface area (Å²) in [5, 5.41) is 2.63. The summed E-state index contributed by atoms with van der Waals surface area (Å²) in [7, 11) is 0. The summed E-state index contributed by atoms with van der Waals surface area (Å²) in [4.78, 5) is 20.4. The van der Waals surface area contributed by atoms with Crippen molar-refractivity contribution in [2.75, 3.05) is 44.2 Å². The Morgan fingerprint density at radius 3 is 2.34 bits per heavy atom. The summed E-state index contributed by atoms with van der Waals surface area (Å²) in [5.74, 6) is -0.860. The number of rotatable bonds is 5. The lowest BCUT2D eigenvalue weighted by Gasteiger charge is -2.36. The molecule has 3 N–H and O–H groups in total. The van der Waals surface area contributed by atoms with Crippen LogP contribution in [-0.2, 0) is 0 Å². The van der Waals surface area contributed by atoms with Crippen LogP contribution in [0, 0.1) is 11.6 Å². The Kier molecular flexibility index (Phi) is 8.62. The van der Waals surface area contributed by atoms with Crippen LogP contribution in [0.15, 0.2) is 53.5 Å². The van der Waals surface area contributed by atoms with Crippen molar-refractivity contribution in [1.82, 2.24) is 10.2 Å². The zero-order chi connectivity index (χ0) is 19.9. The molecule has 0 radical (unpaired) electrons. The Morgan fingerprint density at radius 1 is 1.03 bits per heavy atom. The van der Waals surface area contributed by atoms with Crippen molar-refractivity contribution in [1.29, 1.82) is 0 Å². The Labute approximate surface area is 185 Å². The number of amides is 1. The Balaban J connectivity index is 0.00000300. The maximum atomic E-state index is 13.6. The van der Waals surface area contributed by atoms with Gasteiger partial charge in [0.15, 0.2) is 5.96 Å². The number of guanidine groups is 1. The molecular weight excluding hydrogens is 491 g/mol. The first-order valence-electron chi connectivity index (χ1n) is 9.12. The Morgan fingerprint density at radius 2 is 1.69 bits per heavy atom. The van der Waals surface area contributed by atoms with Gasteiger partial charge in [-0.25, -0.2) is 8.78 Å². The van der Waals surface area contributed by atoms with E-state index in [4.69, 9.17) is 5.73 Å². The summed E-state index contributed by atoms with van der Waals surface area (Å²) in [6, 6.07) is 12.3. The third-order valence-corrected chi connectivity index (χ3v) is 4.59. The summed E-state index contributed by atoms with van der Waals surface area (Å²) in [6.07, 6.45) is 0. The molecule has 0 unspecified atom stereocenters. The van der Waals surface area contributed by atoms with Crippen molar-refractivity contribution in [3.8, 4) is 0 Å². The highest BCUT2D eigenvalue weighted by Gasteiger charge is 2.18. The van der Waals surface area contributed by atoms with Gasteiger partial charge >= 0.3 is 0 Å². The van der Waals surface area contributed by atoms with Gasteiger partial charge < -0.3 is 20.9 Å². The lowest BCUT2D eigenvalue weighted by molar-refractivity contribution is 0.0950. The molecule has 6 nitrogen and oxygen atoms in total. The van der Waals surface area contributed by atoms with Crippen LogP contribution in [0.3, 0.4) is 0 Å². The number of piperazine rings is 1. The number of aliphatic imine (C=N–C) groups is 1. The van der Waals surface area contributed by atoms with Gasteiger partial charge in [0, 0.05) is 38.4 Å². The molecule has 1 fully saturated rings. The van der Waals surface area contributed by atoms with E-state index in [1.807, 2.05) is 4.90 Å². The summed E-state index contributed by atoms with van der Waals surface area (Å²) < 4.78 is 26.6. The Bertz CT molecular complexity index is 839. The second kappa shape index (κ2) is 10.9. The van der Waals surface area contributed by atoms with Crippen molar-refractivity contribution in [3.63, 3.8) is 0 Å². The number of nitrogens with one attached hydrogen (secondary N) is 1. The molecule has 1 aliphatic heterocycles. The molecule has 2 aromatic carbocycles. The smallest absolute Gasteiger partial charge is 0.254 e. The molecule has 0 atom stereocenters. The first-order chi connectivity index (χ1) is 13.5. The van der Waals surface area contributed by atoms with E-state index in [-0.39, 0.29) is 41.9 Å². The summed E-state index contributed by atoms with van der Waals surface area (Å²) in [5.41, 5.74) is 7.03. The summed E-state index contributed by atoms with van der Waals surface area (Å²) in [6.45, 7) is 3.49. The van der Waals surface area contributed by atoms with Crippen LogP contribution < -0.4 is 16.0 Å². The fourth-order valence-electron chi connectivity index (χ4n) is 3.03. The van der Waals surface area contributed by atoms with Gasteiger partial charge in [0.2, 0.25) is 0 Å². The minimum atomic E-state index is -0.554. The standard InChI is InChI=1S/C20H23F2N5O.HI/c21-15-5-7-16(8-6-15)26-11-13-27(14-12-26)20(23)25-10-9-24-19(28)17-3-1-2-4-18(17)22;/h1-8H,9-14H2,(H2,23,25)(H,24,28);1H. The van der Waals surface area contributed by atoms with E-state index in [0.29, 0.717) is 25.6 Å². The van der Waals surface area contributed by atoms with Crippen molar-refractivity contribution >= 4 is 41.5 Å². The van der Waals surface area contributed by atoms with Gasteiger partial charge in [0.1, 0.15) is 11.6 Å². The highest BCUT2D eigenvalue weighted by Crippen LogP contribution is 2.16. The first-order valence-corrected chi connectivity index (χ1v) is 9.12. The number of benzene rings is 2. The van der Waals surface area contributed by atoms with Gasteiger partial charge in [-0.3, -0.25) is 9.79 Å². The second-order valence-electron chi connectivity index (χ2n) is 6.43. The minimum Gasteiger partial charge on any atom is -0.370 e. The maximum absolute atomic E-state index is 13.6. The molecule has 2 aromatic rings. The van der Waals surface area contributed by atoms with Crippen LogP contribution in [-0.4, -0.2) is 56.0 Å². The quantitative estimate of drug-likeness (QED) is 0.278. The lowest BCUT2D eigenvalue weighted by Crippen LogP contribution is -2.51. The highest BCUT2D eigenvalue weighted by atomic mass is 127. The number of nitrogens with two attached hydrogens (primary N) is 1. The predicted molar refractivity (Wildman–Crippen MR) is 121 cm³/mol. The average molecular weight is 515 g/mol. The molecule has 0 aliphatic carbocycles. The van der Waals surface area contributed by atoms with Crippen LogP contribution in [0.2, 0.25) is 0 Å². The molecule has 0 bridgehead atoms. The minimum absolute atomic E-state index is 0. The molecule has 3 rings (SSSR count). The Hall–Kier alpha value is -2.43. The van der Waals surface area contributed by atoms with Crippen LogP contribution in [0.25, 0.3) is 0 Å². The number of nitrogens with zero attached hydrogens (tertiary/aromatic N) is 3. The molecule has 0 spiro atoms. The van der Waals surface area contributed by atoms with Crippen LogP contribution in [0.4, 0.5) is 14.5 Å². The van der Waals surface area contributed by atoms with Crippen LogP contribution in [0.5, 0.6) is 0 Å². The van der Waals surface area contributed by atoms with E-state index in [0.717, 1.165) is 18.8 Å². The number of halogens is 3. The van der Waals surface area contributed by atoms with Crippen LogP contribution >= 0.6 is 24.0 Å². The maximum Gasteiger partial charge on any atom is 0.254 e. The van der Waals surface area contributed by atoms with Crippen molar-refractivity contribution in [3.05, 3.63) is 65.7 Å². The van der Waals surface area contributed by atoms with Crippen molar-refractivity contribution < 1.29 is 13.6 Å². The van der Waals surface area contributed by atoms with E-state index in [1.165, 1.54) is 30.3 Å².